The summed E-state index contributed by atoms with van der Waals surface area (Å²) >= 11 is 0. The lowest BCUT2D eigenvalue weighted by Crippen LogP contribution is -2.18. The zero-order valence-corrected chi connectivity index (χ0v) is 15.2. The van der Waals surface area contributed by atoms with Crippen LogP contribution in [0.5, 0.6) is 5.75 Å². The van der Waals surface area contributed by atoms with E-state index in [-0.39, 0.29) is 29.7 Å². The van der Waals surface area contributed by atoms with Crippen LogP contribution >= 0.6 is 0 Å². The first-order valence-corrected chi connectivity index (χ1v) is 8.62. The fourth-order valence-corrected chi connectivity index (χ4v) is 2.50. The molecule has 0 saturated heterocycles. The number of aryl methyl sites for hydroxylation is 1. The molecule has 0 unspecified atom stereocenters. The zero-order chi connectivity index (χ0) is 20.1. The average molecular weight is 382 g/mol. The van der Waals surface area contributed by atoms with Crippen molar-refractivity contribution in [1.29, 1.82) is 0 Å². The number of hydrogen-bond acceptors (Lipinski definition) is 4. The van der Waals surface area contributed by atoms with Crippen molar-refractivity contribution in [2.75, 3.05) is 5.32 Å². The van der Waals surface area contributed by atoms with Crippen molar-refractivity contribution in [2.24, 2.45) is 5.73 Å². The summed E-state index contributed by atoms with van der Waals surface area (Å²) < 4.78 is 20.0. The minimum Gasteiger partial charge on any atom is -0.489 e. The molecule has 2 aromatic carbocycles. The molecule has 3 rings (SSSR count). The molecule has 0 saturated carbocycles. The molecule has 1 aromatic heterocycles. The van der Waals surface area contributed by atoms with Gasteiger partial charge in [-0.3, -0.25) is 14.3 Å². The van der Waals surface area contributed by atoms with E-state index >= 15 is 0 Å². The average Bonchev–Trinajstić information content (AvgIpc) is 3.11. The molecule has 28 heavy (non-hydrogen) atoms. The van der Waals surface area contributed by atoms with Gasteiger partial charge in [0.15, 0.2) is 5.69 Å². The topological polar surface area (TPSA) is 99.2 Å². The summed E-state index contributed by atoms with van der Waals surface area (Å²) in [4.78, 5) is 23.9. The van der Waals surface area contributed by atoms with Gasteiger partial charge >= 0.3 is 0 Å². The van der Waals surface area contributed by atoms with Crippen LogP contribution in [-0.4, -0.2) is 21.6 Å². The predicted octanol–water partition coefficient (Wildman–Crippen LogP) is 2.97. The Morgan fingerprint density at radius 2 is 1.82 bits per heavy atom. The van der Waals surface area contributed by atoms with Gasteiger partial charge in [0.05, 0.1) is 5.69 Å². The van der Waals surface area contributed by atoms with E-state index in [4.69, 9.17) is 10.5 Å². The molecule has 0 radical (unpaired) electrons. The van der Waals surface area contributed by atoms with Crippen LogP contribution in [0, 0.1) is 5.82 Å². The van der Waals surface area contributed by atoms with Crippen molar-refractivity contribution in [3.63, 3.8) is 0 Å². The number of carbonyl (C=O) groups excluding carboxylic acids is 2. The molecule has 1 heterocycles. The summed E-state index contributed by atoms with van der Waals surface area (Å²) in [5.74, 6) is -0.873. The molecule has 2 amide bonds. The Hall–Kier alpha value is -3.68. The van der Waals surface area contributed by atoms with Gasteiger partial charge in [-0.05, 0) is 48.9 Å². The first-order chi connectivity index (χ1) is 13.5. The fraction of sp³-hybridized carbons (Fsp3) is 0.150. The highest BCUT2D eigenvalue weighted by Crippen LogP contribution is 2.17. The van der Waals surface area contributed by atoms with E-state index in [0.717, 1.165) is 5.56 Å². The monoisotopic (exact) mass is 382 g/mol. The Labute approximate surface area is 160 Å². The van der Waals surface area contributed by atoms with Gasteiger partial charge < -0.3 is 15.8 Å². The summed E-state index contributed by atoms with van der Waals surface area (Å²) in [6.45, 7) is 2.68. The predicted molar refractivity (Wildman–Crippen MR) is 102 cm³/mol. The van der Waals surface area contributed by atoms with Gasteiger partial charge in [-0.25, -0.2) is 4.39 Å². The largest absolute Gasteiger partial charge is 0.489 e. The van der Waals surface area contributed by atoms with E-state index < -0.39 is 5.91 Å². The van der Waals surface area contributed by atoms with E-state index in [1.165, 1.54) is 16.8 Å². The Bertz CT molecular complexity index is 982. The molecule has 0 aliphatic carbocycles. The number of halogens is 1. The number of nitrogens with two attached hydrogens (primary N) is 1. The lowest BCUT2D eigenvalue weighted by Gasteiger charge is -2.08. The van der Waals surface area contributed by atoms with E-state index in [9.17, 15) is 14.0 Å². The van der Waals surface area contributed by atoms with Crippen LogP contribution in [-0.2, 0) is 13.2 Å². The van der Waals surface area contributed by atoms with Crippen LogP contribution in [0.3, 0.4) is 0 Å². The van der Waals surface area contributed by atoms with Crippen molar-refractivity contribution in [3.05, 3.63) is 77.4 Å². The van der Waals surface area contributed by atoms with Crippen molar-refractivity contribution >= 4 is 17.5 Å². The number of amides is 2. The molecule has 0 spiro atoms. The Morgan fingerprint density at radius 1 is 1.14 bits per heavy atom. The van der Waals surface area contributed by atoms with Crippen LogP contribution in [0.1, 0.15) is 33.3 Å². The van der Waals surface area contributed by atoms with Crippen LogP contribution in [0.15, 0.2) is 54.7 Å². The number of rotatable bonds is 7. The second-order valence-electron chi connectivity index (χ2n) is 6.00. The summed E-state index contributed by atoms with van der Waals surface area (Å²) in [5, 5.41) is 6.69. The highest BCUT2D eigenvalue weighted by molar-refractivity contribution is 6.07. The van der Waals surface area contributed by atoms with E-state index in [1.54, 1.807) is 42.6 Å². The smallest absolute Gasteiger partial charge is 0.271 e. The molecule has 0 aliphatic rings. The van der Waals surface area contributed by atoms with Crippen molar-refractivity contribution in [2.45, 2.75) is 20.1 Å². The normalized spacial score (nSPS) is 10.5. The number of nitrogens with one attached hydrogen (secondary N) is 1. The number of benzene rings is 2. The third-order valence-electron chi connectivity index (χ3n) is 4.00. The molecule has 0 bridgehead atoms. The fourth-order valence-electron chi connectivity index (χ4n) is 2.50. The maximum absolute atomic E-state index is 12.9. The Morgan fingerprint density at radius 3 is 2.43 bits per heavy atom. The van der Waals surface area contributed by atoms with Gasteiger partial charge in [-0.1, -0.05) is 12.1 Å². The molecule has 0 aliphatic heterocycles. The van der Waals surface area contributed by atoms with Gasteiger partial charge in [0.25, 0.3) is 11.8 Å². The third-order valence-corrected chi connectivity index (χ3v) is 4.00. The first-order valence-electron chi connectivity index (χ1n) is 8.62. The maximum Gasteiger partial charge on any atom is 0.271 e. The molecule has 144 valence electrons. The zero-order valence-electron chi connectivity index (χ0n) is 15.2. The van der Waals surface area contributed by atoms with Crippen LogP contribution in [0.25, 0.3) is 0 Å². The molecule has 7 nitrogen and oxygen atoms in total. The molecule has 3 aromatic rings. The number of hydrogen-bond donors (Lipinski definition) is 2. The second kappa shape index (κ2) is 8.34. The van der Waals surface area contributed by atoms with Crippen molar-refractivity contribution in [3.8, 4) is 5.75 Å². The molecule has 0 atom stereocenters. The summed E-state index contributed by atoms with van der Waals surface area (Å²) in [7, 11) is 0. The molecule has 3 N–H and O–H groups in total. The summed E-state index contributed by atoms with van der Waals surface area (Å²) in [6.07, 6.45) is 1.56. The van der Waals surface area contributed by atoms with Crippen LogP contribution in [0.2, 0.25) is 0 Å². The van der Waals surface area contributed by atoms with E-state index in [2.05, 4.69) is 10.4 Å². The number of carbonyl (C=O) groups is 2. The minimum absolute atomic E-state index is 0.0134. The van der Waals surface area contributed by atoms with Gasteiger partial charge in [-0.2, -0.15) is 5.10 Å². The number of anilines is 1. The van der Waals surface area contributed by atoms with Crippen LogP contribution in [0.4, 0.5) is 10.1 Å². The molecular weight excluding hydrogens is 363 g/mol. The lowest BCUT2D eigenvalue weighted by molar-refractivity contribution is 0.0995. The van der Waals surface area contributed by atoms with Crippen LogP contribution < -0.4 is 15.8 Å². The van der Waals surface area contributed by atoms with E-state index in [0.29, 0.717) is 17.9 Å². The first kappa shape index (κ1) is 19.1. The SMILES string of the molecule is CCn1cc(NC(=O)c2ccc(COc3ccc(F)cc3)cc2)c(C(N)=O)n1. The Kier molecular flexibility index (Phi) is 5.69. The number of aromatic nitrogens is 2. The van der Waals surface area contributed by atoms with Gasteiger partial charge in [0.2, 0.25) is 0 Å². The van der Waals surface area contributed by atoms with Crippen molar-refractivity contribution in [1.82, 2.24) is 9.78 Å². The summed E-state index contributed by atoms with van der Waals surface area (Å²) in [5.41, 5.74) is 6.84. The second-order valence-corrected chi connectivity index (χ2v) is 6.00. The molecule has 0 fully saturated rings. The van der Waals surface area contributed by atoms with Gasteiger partial charge in [0, 0.05) is 18.3 Å². The number of ether oxygens (including phenoxy) is 1. The summed E-state index contributed by atoms with van der Waals surface area (Å²) in [6, 6.07) is 12.5. The minimum atomic E-state index is -0.712. The number of primary amides is 1. The lowest BCUT2D eigenvalue weighted by atomic mass is 10.1. The van der Waals surface area contributed by atoms with Gasteiger partial charge in [-0.15, -0.1) is 0 Å². The maximum atomic E-state index is 12.9. The highest BCUT2D eigenvalue weighted by Gasteiger charge is 2.16. The number of nitrogens with zero attached hydrogens (tertiary/aromatic N) is 2. The standard InChI is InChI=1S/C20H19FN4O3/c1-2-25-11-17(18(24-25)19(22)26)23-20(27)14-5-3-13(4-6-14)12-28-16-9-7-15(21)8-10-16/h3-11H,2,12H2,1H3,(H2,22,26)(H,23,27). The van der Waals surface area contributed by atoms with Crippen molar-refractivity contribution < 1.29 is 18.7 Å². The Balaban J connectivity index is 1.64. The molecular formula is C20H19FN4O3. The quantitative estimate of drug-likeness (QED) is 0.656. The highest BCUT2D eigenvalue weighted by atomic mass is 19.1. The molecule has 8 heteroatoms. The van der Waals surface area contributed by atoms with E-state index in [1.807, 2.05) is 6.92 Å². The third kappa shape index (κ3) is 4.53. The van der Waals surface area contributed by atoms with Gasteiger partial charge in [0.1, 0.15) is 18.2 Å².